The third-order valence-electron chi connectivity index (χ3n) is 3.68. The second kappa shape index (κ2) is 9.70. The topological polar surface area (TPSA) is 56.8 Å². The monoisotopic (exact) mass is 437 g/mol. The predicted octanol–water partition coefficient (Wildman–Crippen LogP) is 4.77. The summed E-state index contributed by atoms with van der Waals surface area (Å²) in [5, 5.41) is 2.17. The summed E-state index contributed by atoms with van der Waals surface area (Å²) in [6.07, 6.45) is -9.37. The maximum atomic E-state index is 13.0. The summed E-state index contributed by atoms with van der Waals surface area (Å²) in [6.45, 7) is -0.715. The highest BCUT2D eigenvalue weighted by Gasteiger charge is 2.34. The van der Waals surface area contributed by atoms with Crippen LogP contribution in [0.4, 0.5) is 32.0 Å². The van der Waals surface area contributed by atoms with Crippen molar-refractivity contribution in [2.24, 2.45) is 0 Å². The first-order valence-electron chi connectivity index (χ1n) is 8.44. The van der Waals surface area contributed by atoms with Crippen LogP contribution in [0.25, 0.3) is 0 Å². The van der Waals surface area contributed by atoms with Gasteiger partial charge in [0.05, 0.1) is 23.4 Å². The van der Waals surface area contributed by atoms with Crippen molar-refractivity contribution >= 4 is 11.6 Å². The summed E-state index contributed by atoms with van der Waals surface area (Å²) in [7, 11) is 1.40. The Hall–Kier alpha value is -2.95. The molecular weight excluding hydrogens is 420 g/mol. The molecule has 2 rings (SSSR count). The van der Waals surface area contributed by atoms with Crippen LogP contribution in [-0.4, -0.2) is 32.8 Å². The van der Waals surface area contributed by atoms with E-state index in [1.807, 2.05) is 0 Å². The number of anilines is 1. The van der Waals surface area contributed by atoms with Gasteiger partial charge in [0, 0.05) is 7.11 Å². The molecule has 0 spiro atoms. The van der Waals surface area contributed by atoms with E-state index in [1.54, 1.807) is 0 Å². The number of para-hydroxylation sites is 1. The summed E-state index contributed by atoms with van der Waals surface area (Å²) >= 11 is 0. The molecule has 0 fully saturated rings. The van der Waals surface area contributed by atoms with Crippen LogP contribution < -0.4 is 14.8 Å². The van der Waals surface area contributed by atoms with E-state index in [0.29, 0.717) is 6.07 Å². The Morgan fingerprint density at radius 3 is 2.23 bits per heavy atom. The zero-order chi connectivity index (χ0) is 22.4. The second-order valence-electron chi connectivity index (χ2n) is 5.88. The van der Waals surface area contributed by atoms with Gasteiger partial charge in [0.15, 0.2) is 6.61 Å². The molecule has 0 aliphatic carbocycles. The molecule has 0 aromatic heterocycles. The van der Waals surface area contributed by atoms with Crippen LogP contribution in [-0.2, 0) is 21.9 Å². The van der Waals surface area contributed by atoms with Crippen LogP contribution >= 0.6 is 0 Å². The quantitative estimate of drug-likeness (QED) is 0.478. The van der Waals surface area contributed by atoms with E-state index < -0.39 is 41.7 Å². The average Bonchev–Trinajstić information content (AvgIpc) is 2.66. The lowest BCUT2D eigenvalue weighted by Gasteiger charge is -2.16. The first-order valence-corrected chi connectivity index (χ1v) is 8.44. The first kappa shape index (κ1) is 23.3. The van der Waals surface area contributed by atoms with E-state index in [2.05, 4.69) is 5.32 Å². The number of carbonyl (C=O) groups is 1. The lowest BCUT2D eigenvalue weighted by Crippen LogP contribution is -2.22. The Morgan fingerprint density at radius 2 is 1.60 bits per heavy atom. The first-order chi connectivity index (χ1) is 14.0. The molecule has 0 bridgehead atoms. The van der Waals surface area contributed by atoms with E-state index in [4.69, 9.17) is 14.2 Å². The minimum atomic E-state index is -4.70. The fraction of sp³-hybridized carbons (Fsp3) is 0.316. The predicted molar refractivity (Wildman–Crippen MR) is 94.4 cm³/mol. The molecule has 2 aromatic carbocycles. The lowest BCUT2D eigenvalue weighted by molar-refractivity contribution is -0.139. The SMILES string of the molecule is COCCOc1ccc(C(F)(F)F)cc1NC(=O)COc1ccccc1C(F)(F)F. The van der Waals surface area contributed by atoms with Gasteiger partial charge < -0.3 is 19.5 Å². The molecule has 0 saturated heterocycles. The van der Waals surface area contributed by atoms with Crippen molar-refractivity contribution in [3.63, 3.8) is 0 Å². The van der Waals surface area contributed by atoms with Crippen molar-refractivity contribution in [3.8, 4) is 11.5 Å². The van der Waals surface area contributed by atoms with Crippen molar-refractivity contribution in [1.82, 2.24) is 0 Å². The largest absolute Gasteiger partial charge is 0.489 e. The molecule has 0 aliphatic heterocycles. The van der Waals surface area contributed by atoms with Gasteiger partial charge in [-0.2, -0.15) is 26.3 Å². The maximum Gasteiger partial charge on any atom is 0.419 e. The normalized spacial score (nSPS) is 11.8. The number of carbonyl (C=O) groups excluding carboxylic acids is 1. The molecule has 30 heavy (non-hydrogen) atoms. The van der Waals surface area contributed by atoms with Gasteiger partial charge in [-0.1, -0.05) is 12.1 Å². The molecular formula is C19H17F6NO4. The van der Waals surface area contributed by atoms with Crippen LogP contribution in [0, 0.1) is 0 Å². The number of alkyl halides is 6. The van der Waals surface area contributed by atoms with E-state index in [0.717, 1.165) is 30.3 Å². The molecule has 0 heterocycles. The van der Waals surface area contributed by atoms with E-state index in [-0.39, 0.29) is 24.7 Å². The van der Waals surface area contributed by atoms with Crippen molar-refractivity contribution in [1.29, 1.82) is 0 Å². The van der Waals surface area contributed by atoms with E-state index in [1.165, 1.54) is 13.2 Å². The number of amides is 1. The average molecular weight is 437 g/mol. The van der Waals surface area contributed by atoms with Gasteiger partial charge in [-0.3, -0.25) is 4.79 Å². The molecule has 164 valence electrons. The molecule has 5 nitrogen and oxygen atoms in total. The van der Waals surface area contributed by atoms with Gasteiger partial charge in [0.25, 0.3) is 5.91 Å². The minimum Gasteiger partial charge on any atom is -0.489 e. The molecule has 11 heteroatoms. The van der Waals surface area contributed by atoms with Crippen LogP contribution in [0.1, 0.15) is 11.1 Å². The molecule has 2 aromatic rings. The third kappa shape index (κ3) is 6.55. The van der Waals surface area contributed by atoms with Gasteiger partial charge in [0.1, 0.15) is 18.1 Å². The molecule has 0 unspecified atom stereocenters. The van der Waals surface area contributed by atoms with E-state index >= 15 is 0 Å². The third-order valence-corrected chi connectivity index (χ3v) is 3.68. The van der Waals surface area contributed by atoms with Gasteiger partial charge >= 0.3 is 12.4 Å². The zero-order valence-electron chi connectivity index (χ0n) is 15.6. The molecule has 1 N–H and O–H groups in total. The van der Waals surface area contributed by atoms with Crippen LogP contribution in [0.5, 0.6) is 11.5 Å². The summed E-state index contributed by atoms with van der Waals surface area (Å²) in [5.74, 6) is -1.62. The molecule has 0 atom stereocenters. The molecule has 1 amide bonds. The number of methoxy groups -OCH3 is 1. The highest BCUT2D eigenvalue weighted by molar-refractivity contribution is 5.93. The zero-order valence-corrected chi connectivity index (χ0v) is 15.6. The highest BCUT2D eigenvalue weighted by atomic mass is 19.4. The van der Waals surface area contributed by atoms with Crippen molar-refractivity contribution in [3.05, 3.63) is 53.6 Å². The highest BCUT2D eigenvalue weighted by Crippen LogP contribution is 2.37. The number of hydrogen-bond acceptors (Lipinski definition) is 4. The van der Waals surface area contributed by atoms with Gasteiger partial charge in [-0.15, -0.1) is 0 Å². The Bertz CT molecular complexity index is 867. The number of halogens is 6. The molecule has 0 saturated carbocycles. The minimum absolute atomic E-state index is 0.000191. The number of ether oxygens (including phenoxy) is 3. The number of benzene rings is 2. The number of rotatable bonds is 8. The Labute approximate surface area is 167 Å². The fourth-order valence-electron chi connectivity index (χ4n) is 2.32. The second-order valence-corrected chi connectivity index (χ2v) is 5.88. The van der Waals surface area contributed by atoms with Gasteiger partial charge in [0.2, 0.25) is 0 Å². The lowest BCUT2D eigenvalue weighted by atomic mass is 10.1. The van der Waals surface area contributed by atoms with Crippen LogP contribution in [0.3, 0.4) is 0 Å². The standard InChI is InChI=1S/C19H17F6NO4/c1-28-8-9-29-16-7-6-12(18(20,21)22)10-14(16)26-17(27)11-30-15-5-3-2-4-13(15)19(23,24)25/h2-7,10H,8-9,11H2,1H3,(H,26,27). The summed E-state index contributed by atoms with van der Waals surface area (Å²) in [6, 6.07) is 6.70. The number of nitrogens with one attached hydrogen (secondary N) is 1. The van der Waals surface area contributed by atoms with Gasteiger partial charge in [-0.05, 0) is 30.3 Å². The summed E-state index contributed by atoms with van der Waals surface area (Å²) < 4.78 is 92.8. The fourth-order valence-corrected chi connectivity index (χ4v) is 2.32. The molecule has 0 aliphatic rings. The van der Waals surface area contributed by atoms with Crippen molar-refractivity contribution < 1.29 is 45.3 Å². The van der Waals surface area contributed by atoms with Gasteiger partial charge in [-0.25, -0.2) is 0 Å². The smallest absolute Gasteiger partial charge is 0.419 e. The van der Waals surface area contributed by atoms with Crippen LogP contribution in [0.2, 0.25) is 0 Å². The number of hydrogen-bond donors (Lipinski definition) is 1. The van der Waals surface area contributed by atoms with Crippen molar-refractivity contribution in [2.45, 2.75) is 12.4 Å². The van der Waals surface area contributed by atoms with Crippen molar-refractivity contribution in [2.75, 3.05) is 32.2 Å². The van der Waals surface area contributed by atoms with Crippen LogP contribution in [0.15, 0.2) is 42.5 Å². The Kier molecular flexibility index (Phi) is 7.54. The summed E-state index contributed by atoms with van der Waals surface area (Å²) in [4.78, 5) is 12.1. The Morgan fingerprint density at radius 1 is 0.900 bits per heavy atom. The van der Waals surface area contributed by atoms with E-state index in [9.17, 15) is 31.1 Å². The Balaban J connectivity index is 2.15. The summed E-state index contributed by atoms with van der Waals surface area (Å²) in [5.41, 5.74) is -2.43. The molecule has 0 radical (unpaired) electrons. The maximum absolute atomic E-state index is 13.0.